The normalized spacial score (nSPS) is 8.96. The Hall–Kier alpha value is -0.560. The van der Waals surface area contributed by atoms with Crippen molar-refractivity contribution in [3.05, 3.63) is 50.2 Å². The molecule has 25 heavy (non-hydrogen) atoms. The van der Waals surface area contributed by atoms with E-state index in [1.54, 1.807) is 9.97 Å². The fourth-order valence-electron chi connectivity index (χ4n) is 1.63. The minimum absolute atomic E-state index is 0. The maximum Gasteiger partial charge on any atom is 1.00 e. The van der Waals surface area contributed by atoms with Crippen molar-refractivity contribution in [1.29, 1.82) is 0 Å². The fraction of sp³-hybridized carbons (Fsp3) is 0. The van der Waals surface area contributed by atoms with E-state index in [4.69, 9.17) is 0 Å². The molecule has 0 fully saturated rings. The number of carboxylic acid groups (broad SMARTS) is 1. The van der Waals surface area contributed by atoms with Gasteiger partial charge in [-0.25, -0.2) is 4.79 Å². The largest absolute Gasteiger partial charge is 1.00 e. The molecule has 10 nitrogen and oxygen atoms in total. The van der Waals surface area contributed by atoms with E-state index in [1.165, 1.54) is 0 Å². The van der Waals surface area contributed by atoms with Gasteiger partial charge in [0.1, 0.15) is 5.56 Å². The summed E-state index contributed by atoms with van der Waals surface area (Å²) in [7, 11) is 0. The standard InChI is InChI=1S/C12H9N3O7.3Na/c16-6-2-1-4(3-5(6)11(20)21)13-8(17)7-9(18)14-12(22)15-10(7)19;;;/h1-3,16H,(H,13,17)(H,20,21)(H3,14,15,18,19,22);;;/q;3*+1/p-3. The number of benzene rings is 1. The predicted molar refractivity (Wildman–Crippen MR) is 65.3 cm³/mol. The van der Waals surface area contributed by atoms with E-state index in [1.807, 2.05) is 0 Å². The molecule has 2 aromatic rings. The number of hydrogen-bond donors (Lipinski definition) is 3. The fourth-order valence-corrected chi connectivity index (χ4v) is 1.63. The molecule has 3 N–H and O–H groups in total. The predicted octanol–water partition coefficient (Wildman–Crippen LogP) is -12.2. The van der Waals surface area contributed by atoms with Crippen LogP contribution in [0.2, 0.25) is 0 Å². The number of carbonyl (C=O) groups excluding carboxylic acids is 2. The molecule has 0 aliphatic rings. The second-order valence-corrected chi connectivity index (χ2v) is 4.06. The van der Waals surface area contributed by atoms with Crippen LogP contribution in [0.15, 0.2) is 27.8 Å². The van der Waals surface area contributed by atoms with Gasteiger partial charge in [0.25, 0.3) is 11.5 Å². The topological polar surface area (TPSA) is 181 Å². The quantitative estimate of drug-likeness (QED) is 0.446. The van der Waals surface area contributed by atoms with Crippen molar-refractivity contribution in [3.63, 3.8) is 0 Å². The molecule has 0 aliphatic carbocycles. The average molecular weight is 373 g/mol. The zero-order valence-corrected chi connectivity index (χ0v) is 19.6. The van der Waals surface area contributed by atoms with Crippen LogP contribution < -0.4 is 121 Å². The number of rotatable bonds is 3. The molecule has 1 aromatic heterocycles. The van der Waals surface area contributed by atoms with Gasteiger partial charge in [0.05, 0.1) is 5.97 Å². The SMILES string of the molecule is O=C([O-])c1cc(NC(=O)c2c([O-])[nH]c(=O)[nH]c2=O)ccc1[O-].[Na+].[Na+].[Na+]. The molecule has 0 aliphatic heterocycles. The summed E-state index contributed by atoms with van der Waals surface area (Å²) in [6.07, 6.45) is 0. The van der Waals surface area contributed by atoms with Crippen LogP contribution in [0.5, 0.6) is 11.6 Å². The second kappa shape index (κ2) is 11.2. The van der Waals surface area contributed by atoms with Gasteiger partial charge >= 0.3 is 94.4 Å². The maximum atomic E-state index is 11.8. The van der Waals surface area contributed by atoms with E-state index in [0.717, 1.165) is 18.2 Å². The first-order chi connectivity index (χ1) is 10.3. The van der Waals surface area contributed by atoms with Crippen molar-refractivity contribution in [3.8, 4) is 11.6 Å². The van der Waals surface area contributed by atoms with Crippen LogP contribution in [0.3, 0.4) is 0 Å². The Morgan fingerprint density at radius 2 is 1.60 bits per heavy atom. The molecule has 0 spiro atoms. The molecule has 0 saturated heterocycles. The average Bonchev–Trinajstić information content (AvgIpc) is 2.39. The zero-order chi connectivity index (χ0) is 16.4. The van der Waals surface area contributed by atoms with Gasteiger partial charge in [-0.1, -0.05) is 11.8 Å². The Balaban J connectivity index is 0. The summed E-state index contributed by atoms with van der Waals surface area (Å²) in [6, 6.07) is 2.77. The second-order valence-electron chi connectivity index (χ2n) is 4.06. The summed E-state index contributed by atoms with van der Waals surface area (Å²) in [6.45, 7) is 0. The number of aromatic carboxylic acids is 1. The van der Waals surface area contributed by atoms with Gasteiger partial charge in [-0.3, -0.25) is 14.6 Å². The molecule has 0 bridgehead atoms. The summed E-state index contributed by atoms with van der Waals surface area (Å²) < 4.78 is 0. The molecule has 114 valence electrons. The van der Waals surface area contributed by atoms with E-state index in [2.05, 4.69) is 5.32 Å². The van der Waals surface area contributed by atoms with Gasteiger partial charge in [-0.05, 0) is 23.6 Å². The molecular weight excluding hydrogens is 367 g/mol. The van der Waals surface area contributed by atoms with E-state index in [-0.39, 0.29) is 94.4 Å². The summed E-state index contributed by atoms with van der Waals surface area (Å²) in [5.74, 6) is -4.95. The number of H-pyrrole nitrogens is 2. The van der Waals surface area contributed by atoms with Crippen LogP contribution in [0.25, 0.3) is 0 Å². The van der Waals surface area contributed by atoms with Crippen LogP contribution in [0, 0.1) is 0 Å². The van der Waals surface area contributed by atoms with Crippen molar-refractivity contribution in [2.24, 2.45) is 0 Å². The number of carbonyl (C=O) groups is 2. The Bertz CT molecular complexity index is 894. The third-order valence-corrected chi connectivity index (χ3v) is 2.59. The van der Waals surface area contributed by atoms with Crippen molar-refractivity contribution >= 4 is 17.6 Å². The van der Waals surface area contributed by atoms with Crippen LogP contribution in [0.1, 0.15) is 20.7 Å². The minimum atomic E-state index is -1.74. The molecule has 0 atom stereocenters. The molecule has 1 amide bonds. The third-order valence-electron chi connectivity index (χ3n) is 2.59. The minimum Gasteiger partial charge on any atom is -0.872 e. The molecule has 1 heterocycles. The number of aromatic amines is 2. The Kier molecular flexibility index (Phi) is 12.0. The Labute approximate surface area is 205 Å². The van der Waals surface area contributed by atoms with Gasteiger partial charge in [-0.15, -0.1) is 0 Å². The molecule has 0 radical (unpaired) electrons. The summed E-state index contributed by atoms with van der Waals surface area (Å²) in [5, 5.41) is 35.4. The van der Waals surface area contributed by atoms with E-state index >= 15 is 0 Å². The maximum absolute atomic E-state index is 11.8. The van der Waals surface area contributed by atoms with E-state index in [0.29, 0.717) is 0 Å². The first kappa shape index (κ1) is 26.7. The van der Waals surface area contributed by atoms with Crippen molar-refractivity contribution in [2.45, 2.75) is 0 Å². The Morgan fingerprint density at radius 3 is 2.12 bits per heavy atom. The number of anilines is 1. The molecule has 1 aromatic carbocycles. The van der Waals surface area contributed by atoms with E-state index < -0.39 is 45.9 Å². The van der Waals surface area contributed by atoms with Crippen molar-refractivity contribution < 1.29 is 114 Å². The number of amides is 1. The molecule has 0 unspecified atom stereocenters. The number of carboxylic acids is 1. The molecule has 13 heteroatoms. The van der Waals surface area contributed by atoms with Crippen LogP contribution >= 0.6 is 0 Å². The van der Waals surface area contributed by atoms with Crippen molar-refractivity contribution in [1.82, 2.24) is 9.97 Å². The summed E-state index contributed by atoms with van der Waals surface area (Å²) in [4.78, 5) is 48.2. The first-order valence-corrected chi connectivity index (χ1v) is 5.67. The van der Waals surface area contributed by atoms with Gasteiger partial charge in [0.2, 0.25) is 0 Å². The summed E-state index contributed by atoms with van der Waals surface area (Å²) in [5.41, 5.74) is -4.00. The first-order valence-electron chi connectivity index (χ1n) is 5.67. The smallest absolute Gasteiger partial charge is 0.872 e. The van der Waals surface area contributed by atoms with Gasteiger partial charge in [0, 0.05) is 5.69 Å². The van der Waals surface area contributed by atoms with Crippen molar-refractivity contribution in [2.75, 3.05) is 5.32 Å². The van der Waals surface area contributed by atoms with Gasteiger partial charge in [-0.2, -0.15) is 0 Å². The Morgan fingerprint density at radius 1 is 1.00 bits per heavy atom. The summed E-state index contributed by atoms with van der Waals surface area (Å²) >= 11 is 0. The van der Waals surface area contributed by atoms with Crippen LogP contribution in [-0.4, -0.2) is 21.8 Å². The van der Waals surface area contributed by atoms with Crippen LogP contribution in [-0.2, 0) is 0 Å². The van der Waals surface area contributed by atoms with Crippen LogP contribution in [0.4, 0.5) is 5.69 Å². The molecule has 0 saturated carbocycles. The zero-order valence-electron chi connectivity index (χ0n) is 13.6. The number of aromatic nitrogens is 2. The third kappa shape index (κ3) is 6.59. The van der Waals surface area contributed by atoms with Gasteiger partial charge < -0.3 is 30.4 Å². The number of hydrogen-bond acceptors (Lipinski definition) is 7. The van der Waals surface area contributed by atoms with Gasteiger partial charge in [0.15, 0.2) is 0 Å². The monoisotopic (exact) mass is 373 g/mol. The van der Waals surface area contributed by atoms with E-state index in [9.17, 15) is 34.5 Å². The number of nitrogens with one attached hydrogen (secondary N) is 3. The molecular formula is C12H6N3Na3O7. The molecule has 2 rings (SSSR count).